The van der Waals surface area contributed by atoms with E-state index in [9.17, 15) is 24.3 Å². The number of aromatic carboxylic acids is 1. The van der Waals surface area contributed by atoms with E-state index in [0.29, 0.717) is 16.4 Å². The molecule has 3 aromatic rings. The van der Waals surface area contributed by atoms with Gasteiger partial charge in [-0.3, -0.25) is 14.4 Å². The molecule has 166 valence electrons. The Morgan fingerprint density at radius 3 is 2.33 bits per heavy atom. The standard InChI is InChI=1S/C24H17ClN2O5S/c25-14-4-3-5-16(12-14)27-21(28)13-20(23(27)30)33-17-10-8-15(9-11-17)26-22(29)18-6-1-2-7-19(18)24(31)32/h1-12,20H,13H2,(H,26,29)(H,31,32)/t20-/m0/s1. The fraction of sp³-hybridized carbons (Fsp3) is 0.0833. The zero-order chi connectivity index (χ0) is 23.5. The predicted octanol–water partition coefficient (Wildman–Crippen LogP) is 4.71. The molecule has 4 rings (SSSR count). The van der Waals surface area contributed by atoms with Gasteiger partial charge >= 0.3 is 5.97 Å². The van der Waals surface area contributed by atoms with Crippen LogP contribution in [0.5, 0.6) is 0 Å². The van der Waals surface area contributed by atoms with Crippen molar-refractivity contribution in [3.8, 4) is 0 Å². The van der Waals surface area contributed by atoms with Crippen LogP contribution in [0, 0.1) is 0 Å². The Bertz CT molecular complexity index is 1260. The molecule has 1 atom stereocenters. The van der Waals surface area contributed by atoms with E-state index in [1.54, 1.807) is 60.7 Å². The Morgan fingerprint density at radius 2 is 1.67 bits per heavy atom. The van der Waals surface area contributed by atoms with Crippen LogP contribution in [0.2, 0.25) is 5.02 Å². The molecule has 0 saturated carbocycles. The highest BCUT2D eigenvalue weighted by Gasteiger charge is 2.40. The summed E-state index contributed by atoms with van der Waals surface area (Å²) >= 11 is 7.25. The topological polar surface area (TPSA) is 104 Å². The minimum Gasteiger partial charge on any atom is -0.478 e. The minimum absolute atomic E-state index is 0.0552. The SMILES string of the molecule is O=C(O)c1ccccc1C(=O)Nc1ccc(S[C@H]2CC(=O)N(c3cccc(Cl)c3)C2=O)cc1. The molecule has 0 unspecified atom stereocenters. The number of thioether (sulfide) groups is 1. The van der Waals surface area contributed by atoms with Gasteiger partial charge in [-0.25, -0.2) is 9.69 Å². The van der Waals surface area contributed by atoms with Gasteiger partial charge in [-0.05, 0) is 54.6 Å². The summed E-state index contributed by atoms with van der Waals surface area (Å²) in [7, 11) is 0. The molecule has 3 amide bonds. The van der Waals surface area contributed by atoms with E-state index >= 15 is 0 Å². The molecule has 0 spiro atoms. The largest absolute Gasteiger partial charge is 0.478 e. The Kier molecular flexibility index (Phi) is 6.48. The van der Waals surface area contributed by atoms with Gasteiger partial charge in [0.15, 0.2) is 0 Å². The first-order valence-corrected chi connectivity index (χ1v) is 11.1. The van der Waals surface area contributed by atoms with Crippen LogP contribution in [0.4, 0.5) is 11.4 Å². The average Bonchev–Trinajstić information content (AvgIpc) is 3.07. The number of carbonyl (C=O) groups excluding carboxylic acids is 3. The van der Waals surface area contributed by atoms with Crippen LogP contribution in [-0.4, -0.2) is 34.0 Å². The van der Waals surface area contributed by atoms with Crippen molar-refractivity contribution in [2.45, 2.75) is 16.6 Å². The van der Waals surface area contributed by atoms with Gasteiger partial charge in [0.25, 0.3) is 5.91 Å². The normalized spacial score (nSPS) is 15.5. The van der Waals surface area contributed by atoms with Gasteiger partial charge in [-0.15, -0.1) is 11.8 Å². The van der Waals surface area contributed by atoms with Gasteiger partial charge in [-0.1, -0.05) is 29.8 Å². The zero-order valence-electron chi connectivity index (χ0n) is 17.0. The van der Waals surface area contributed by atoms with Gasteiger partial charge in [0.1, 0.15) is 0 Å². The maximum absolute atomic E-state index is 12.8. The van der Waals surface area contributed by atoms with Crippen molar-refractivity contribution < 1.29 is 24.3 Å². The highest BCUT2D eigenvalue weighted by molar-refractivity contribution is 8.00. The minimum atomic E-state index is -1.19. The molecule has 2 N–H and O–H groups in total. The number of nitrogens with one attached hydrogen (secondary N) is 1. The first-order chi connectivity index (χ1) is 15.8. The molecule has 1 aliphatic rings. The lowest BCUT2D eigenvalue weighted by atomic mass is 10.1. The number of hydrogen-bond acceptors (Lipinski definition) is 5. The summed E-state index contributed by atoms with van der Waals surface area (Å²) in [4.78, 5) is 51.0. The van der Waals surface area contributed by atoms with Gasteiger partial charge in [-0.2, -0.15) is 0 Å². The van der Waals surface area contributed by atoms with Crippen LogP contribution < -0.4 is 10.2 Å². The van der Waals surface area contributed by atoms with Crippen LogP contribution in [0.25, 0.3) is 0 Å². The molecule has 9 heteroatoms. The van der Waals surface area contributed by atoms with Crippen molar-refractivity contribution in [3.05, 3.63) is 88.9 Å². The number of carboxylic acids is 1. The molecule has 0 radical (unpaired) electrons. The lowest BCUT2D eigenvalue weighted by Gasteiger charge is -2.15. The predicted molar refractivity (Wildman–Crippen MR) is 126 cm³/mol. The van der Waals surface area contributed by atoms with Gasteiger partial charge in [0, 0.05) is 22.0 Å². The number of rotatable bonds is 6. The highest BCUT2D eigenvalue weighted by atomic mass is 35.5. The Labute approximate surface area is 198 Å². The van der Waals surface area contributed by atoms with Crippen LogP contribution in [0.1, 0.15) is 27.1 Å². The maximum atomic E-state index is 12.8. The summed E-state index contributed by atoms with van der Waals surface area (Å²) < 4.78 is 0. The number of anilines is 2. The summed E-state index contributed by atoms with van der Waals surface area (Å²) in [6, 6.07) is 19.3. The van der Waals surface area contributed by atoms with E-state index < -0.39 is 17.1 Å². The Morgan fingerprint density at radius 1 is 0.970 bits per heavy atom. The molecule has 3 aromatic carbocycles. The van der Waals surface area contributed by atoms with Crippen molar-refractivity contribution in [2.24, 2.45) is 0 Å². The summed E-state index contributed by atoms with van der Waals surface area (Å²) in [6.07, 6.45) is 0.0699. The van der Waals surface area contributed by atoms with E-state index in [1.807, 2.05) is 0 Å². The van der Waals surface area contributed by atoms with E-state index in [4.69, 9.17) is 11.6 Å². The second-order valence-electron chi connectivity index (χ2n) is 7.19. The van der Waals surface area contributed by atoms with Crippen molar-refractivity contribution in [3.63, 3.8) is 0 Å². The second-order valence-corrected chi connectivity index (χ2v) is 8.90. The number of hydrogen-bond donors (Lipinski definition) is 2. The molecule has 0 aromatic heterocycles. The van der Waals surface area contributed by atoms with Crippen LogP contribution in [0.3, 0.4) is 0 Å². The second kappa shape index (κ2) is 9.48. The van der Waals surface area contributed by atoms with E-state index in [2.05, 4.69) is 5.32 Å². The quantitative estimate of drug-likeness (QED) is 0.495. The van der Waals surface area contributed by atoms with E-state index in [1.165, 1.54) is 23.9 Å². The number of imide groups is 1. The van der Waals surface area contributed by atoms with Gasteiger partial charge in [0.05, 0.1) is 22.1 Å². The molecule has 1 fully saturated rings. The molecule has 1 aliphatic heterocycles. The molecule has 0 aliphatic carbocycles. The highest BCUT2D eigenvalue weighted by Crippen LogP contribution is 2.35. The fourth-order valence-corrected chi connectivity index (χ4v) is 4.67. The molecular weight excluding hydrogens is 464 g/mol. The van der Waals surface area contributed by atoms with Crippen molar-refractivity contribution in [2.75, 3.05) is 10.2 Å². The first kappa shape index (κ1) is 22.6. The number of halogens is 1. The molecule has 7 nitrogen and oxygen atoms in total. The zero-order valence-corrected chi connectivity index (χ0v) is 18.6. The maximum Gasteiger partial charge on any atom is 0.336 e. The van der Waals surface area contributed by atoms with Gasteiger partial charge in [0.2, 0.25) is 11.8 Å². The summed E-state index contributed by atoms with van der Waals surface area (Å²) in [5.74, 6) is -2.33. The Balaban J connectivity index is 1.43. The fourth-order valence-electron chi connectivity index (χ4n) is 3.43. The van der Waals surface area contributed by atoms with Crippen LogP contribution >= 0.6 is 23.4 Å². The third-order valence-electron chi connectivity index (χ3n) is 4.96. The number of nitrogens with zero attached hydrogens (tertiary/aromatic N) is 1. The molecule has 1 saturated heterocycles. The number of benzene rings is 3. The van der Waals surface area contributed by atoms with Gasteiger partial charge < -0.3 is 10.4 Å². The van der Waals surface area contributed by atoms with Crippen molar-refractivity contribution in [1.29, 1.82) is 0 Å². The third-order valence-corrected chi connectivity index (χ3v) is 6.40. The summed E-state index contributed by atoms with van der Waals surface area (Å²) in [6.45, 7) is 0. The monoisotopic (exact) mass is 480 g/mol. The molecule has 33 heavy (non-hydrogen) atoms. The first-order valence-electron chi connectivity index (χ1n) is 9.86. The molecule has 0 bridgehead atoms. The Hall–Kier alpha value is -3.62. The summed E-state index contributed by atoms with van der Waals surface area (Å²) in [5.41, 5.74) is 0.884. The van der Waals surface area contributed by atoms with Crippen LogP contribution in [-0.2, 0) is 9.59 Å². The van der Waals surface area contributed by atoms with Crippen LogP contribution in [0.15, 0.2) is 77.7 Å². The third kappa shape index (κ3) is 4.92. The lowest BCUT2D eigenvalue weighted by Crippen LogP contribution is -2.31. The van der Waals surface area contributed by atoms with E-state index in [-0.39, 0.29) is 29.4 Å². The van der Waals surface area contributed by atoms with E-state index in [0.717, 1.165) is 9.80 Å². The smallest absolute Gasteiger partial charge is 0.336 e. The molecule has 1 heterocycles. The van der Waals surface area contributed by atoms with Crippen molar-refractivity contribution in [1.82, 2.24) is 0 Å². The number of amides is 3. The average molecular weight is 481 g/mol. The summed E-state index contributed by atoms with van der Waals surface area (Å²) in [5, 5.41) is 11.8. The number of carbonyl (C=O) groups is 4. The van der Waals surface area contributed by atoms with Crippen molar-refractivity contribution >= 4 is 58.4 Å². The lowest BCUT2D eigenvalue weighted by molar-refractivity contribution is -0.121. The number of carboxylic acid groups (broad SMARTS) is 1. The molecular formula is C24H17ClN2O5S.